The highest BCUT2D eigenvalue weighted by atomic mass is 16.6. The van der Waals surface area contributed by atoms with Gasteiger partial charge in [0.25, 0.3) is 0 Å². The van der Waals surface area contributed by atoms with Gasteiger partial charge < -0.3 is 9.47 Å². The minimum Gasteiger partial charge on any atom is -0.469 e. The lowest BCUT2D eigenvalue weighted by atomic mass is 10.1. The van der Waals surface area contributed by atoms with Crippen molar-refractivity contribution < 1.29 is 23.9 Å². The number of rotatable bonds is 3. The number of methoxy groups -OCH3 is 1. The van der Waals surface area contributed by atoms with Crippen LogP contribution in [0.5, 0.6) is 0 Å². The van der Waals surface area contributed by atoms with Gasteiger partial charge in [-0.15, -0.1) is 0 Å². The normalized spacial score (nSPS) is 19.2. The van der Waals surface area contributed by atoms with Crippen molar-refractivity contribution in [3.63, 3.8) is 0 Å². The molecule has 0 bridgehead atoms. The zero-order valence-electron chi connectivity index (χ0n) is 11.9. The van der Waals surface area contributed by atoms with Gasteiger partial charge in [-0.2, -0.15) is 0 Å². The summed E-state index contributed by atoms with van der Waals surface area (Å²) in [7, 11) is 1.23. The fraction of sp³-hybridized carbons (Fsp3) is 0.769. The molecule has 0 saturated carbocycles. The van der Waals surface area contributed by atoms with Gasteiger partial charge in [-0.3, -0.25) is 14.5 Å². The summed E-state index contributed by atoms with van der Waals surface area (Å²) in [5, 5.41) is 0. The molecule has 19 heavy (non-hydrogen) atoms. The molecule has 0 aliphatic carbocycles. The first-order valence-corrected chi connectivity index (χ1v) is 6.34. The number of Topliss-reactive ketones (excluding diaryl/α,β-unsaturated/α-hetero) is 1. The van der Waals surface area contributed by atoms with Gasteiger partial charge in [0.05, 0.1) is 13.2 Å². The molecule has 1 heterocycles. The molecule has 1 aliphatic rings. The van der Waals surface area contributed by atoms with Crippen LogP contribution in [0.1, 0.15) is 40.0 Å². The molecule has 1 saturated heterocycles. The van der Waals surface area contributed by atoms with Crippen molar-refractivity contribution >= 4 is 17.8 Å². The maximum Gasteiger partial charge on any atom is 0.410 e. The Labute approximate surface area is 113 Å². The maximum atomic E-state index is 12.0. The van der Waals surface area contributed by atoms with Crippen molar-refractivity contribution in [3.05, 3.63) is 0 Å². The average molecular weight is 271 g/mol. The summed E-state index contributed by atoms with van der Waals surface area (Å²) in [5.41, 5.74) is -0.602. The zero-order valence-corrected chi connectivity index (χ0v) is 11.9. The molecule has 6 heteroatoms. The predicted octanol–water partition coefficient (Wildman–Crippen LogP) is 1.52. The number of esters is 1. The van der Waals surface area contributed by atoms with Crippen molar-refractivity contribution in [2.45, 2.75) is 51.7 Å². The van der Waals surface area contributed by atoms with E-state index in [-0.39, 0.29) is 12.2 Å². The highest BCUT2D eigenvalue weighted by molar-refractivity contribution is 5.99. The van der Waals surface area contributed by atoms with Gasteiger partial charge in [-0.25, -0.2) is 4.79 Å². The molecule has 0 spiro atoms. The second kappa shape index (κ2) is 6.04. The molecule has 0 aromatic heterocycles. The first kappa shape index (κ1) is 15.5. The quantitative estimate of drug-likeness (QED) is 0.574. The van der Waals surface area contributed by atoms with Crippen LogP contribution in [0.2, 0.25) is 0 Å². The molecular formula is C13H21NO5. The Kier molecular flexibility index (Phi) is 4.91. The minimum atomic E-state index is -0.602. The third-order valence-corrected chi connectivity index (χ3v) is 2.80. The number of nitrogens with zero attached hydrogens (tertiary/aromatic N) is 1. The lowest BCUT2D eigenvalue weighted by Crippen LogP contribution is -2.43. The Bertz CT molecular complexity index is 372. The summed E-state index contributed by atoms with van der Waals surface area (Å²) in [4.78, 5) is 36.4. The fourth-order valence-corrected chi connectivity index (χ4v) is 1.97. The van der Waals surface area contributed by atoms with E-state index in [1.165, 1.54) is 12.0 Å². The van der Waals surface area contributed by atoms with Gasteiger partial charge in [0.1, 0.15) is 12.0 Å². The van der Waals surface area contributed by atoms with Gasteiger partial charge in [0, 0.05) is 6.54 Å². The molecule has 1 fully saturated rings. The molecule has 0 aromatic rings. The van der Waals surface area contributed by atoms with E-state index in [1.54, 1.807) is 20.8 Å². The van der Waals surface area contributed by atoms with Crippen LogP contribution in [0.3, 0.4) is 0 Å². The van der Waals surface area contributed by atoms with E-state index in [2.05, 4.69) is 4.74 Å². The van der Waals surface area contributed by atoms with Crippen molar-refractivity contribution in [1.29, 1.82) is 0 Å². The number of hydrogen-bond donors (Lipinski definition) is 0. The molecule has 0 aromatic carbocycles. The molecule has 0 N–H and O–H groups in total. The Morgan fingerprint density at radius 2 is 1.89 bits per heavy atom. The molecular weight excluding hydrogens is 250 g/mol. The number of carbonyl (C=O) groups is 3. The van der Waals surface area contributed by atoms with Crippen molar-refractivity contribution in [3.8, 4) is 0 Å². The van der Waals surface area contributed by atoms with E-state index in [4.69, 9.17) is 4.74 Å². The molecule has 6 nitrogen and oxygen atoms in total. The van der Waals surface area contributed by atoms with Crippen LogP contribution in [0.4, 0.5) is 4.79 Å². The van der Waals surface area contributed by atoms with Crippen LogP contribution in [-0.4, -0.2) is 48.0 Å². The third-order valence-electron chi connectivity index (χ3n) is 2.80. The van der Waals surface area contributed by atoms with Gasteiger partial charge in [0.2, 0.25) is 0 Å². The highest BCUT2D eigenvalue weighted by Crippen LogP contribution is 2.22. The zero-order chi connectivity index (χ0) is 14.6. The molecule has 0 unspecified atom stereocenters. The first-order valence-electron chi connectivity index (χ1n) is 6.34. The number of amides is 1. The fourth-order valence-electron chi connectivity index (χ4n) is 1.97. The second-order valence-corrected chi connectivity index (χ2v) is 5.55. The van der Waals surface area contributed by atoms with Crippen LogP contribution >= 0.6 is 0 Å². The Morgan fingerprint density at radius 3 is 2.42 bits per heavy atom. The lowest BCUT2D eigenvalue weighted by molar-refractivity contribution is -0.144. The largest absolute Gasteiger partial charge is 0.469 e. The van der Waals surface area contributed by atoms with Crippen molar-refractivity contribution in [2.75, 3.05) is 13.7 Å². The SMILES string of the molecule is COC(=O)CC(=O)[C@@H]1CCCN1C(=O)OC(C)(C)C. The Balaban J connectivity index is 2.66. The molecule has 0 radical (unpaired) electrons. The van der Waals surface area contributed by atoms with Crippen molar-refractivity contribution in [2.24, 2.45) is 0 Å². The highest BCUT2D eigenvalue weighted by Gasteiger charge is 2.36. The number of ketones is 1. The monoisotopic (exact) mass is 271 g/mol. The third kappa shape index (κ3) is 4.54. The van der Waals surface area contributed by atoms with E-state index >= 15 is 0 Å². The standard InChI is InChI=1S/C13H21NO5/c1-13(2,3)19-12(17)14-7-5-6-9(14)10(15)8-11(16)18-4/h9H,5-8H2,1-4H3/t9-/m0/s1. The average Bonchev–Trinajstić information content (AvgIpc) is 2.75. The van der Waals surface area contributed by atoms with Gasteiger partial charge >= 0.3 is 12.1 Å². The molecule has 1 amide bonds. The van der Waals surface area contributed by atoms with E-state index in [0.717, 1.165) is 6.42 Å². The molecule has 1 aliphatic heterocycles. The predicted molar refractivity (Wildman–Crippen MR) is 67.6 cm³/mol. The number of hydrogen-bond acceptors (Lipinski definition) is 5. The molecule has 1 rings (SSSR count). The number of ether oxygens (including phenoxy) is 2. The van der Waals surface area contributed by atoms with Crippen LogP contribution in [0.15, 0.2) is 0 Å². The molecule has 1 atom stereocenters. The summed E-state index contributed by atoms with van der Waals surface area (Å²) in [6.45, 7) is 5.79. The summed E-state index contributed by atoms with van der Waals surface area (Å²) in [6.07, 6.45) is 0.486. The summed E-state index contributed by atoms with van der Waals surface area (Å²) in [5.74, 6) is -0.878. The Morgan fingerprint density at radius 1 is 1.26 bits per heavy atom. The lowest BCUT2D eigenvalue weighted by Gasteiger charge is -2.27. The van der Waals surface area contributed by atoms with E-state index in [1.807, 2.05) is 0 Å². The van der Waals surface area contributed by atoms with Crippen LogP contribution < -0.4 is 0 Å². The van der Waals surface area contributed by atoms with Gasteiger partial charge in [-0.1, -0.05) is 0 Å². The topological polar surface area (TPSA) is 72.9 Å². The second-order valence-electron chi connectivity index (χ2n) is 5.55. The van der Waals surface area contributed by atoms with Crippen LogP contribution in [0.25, 0.3) is 0 Å². The Hall–Kier alpha value is -1.59. The molecule has 108 valence electrons. The number of likely N-dealkylation sites (tertiary alicyclic amines) is 1. The van der Waals surface area contributed by atoms with Crippen LogP contribution in [0, 0.1) is 0 Å². The van der Waals surface area contributed by atoms with E-state index < -0.39 is 23.7 Å². The number of carbonyl (C=O) groups excluding carboxylic acids is 3. The van der Waals surface area contributed by atoms with E-state index in [0.29, 0.717) is 13.0 Å². The van der Waals surface area contributed by atoms with Crippen molar-refractivity contribution in [1.82, 2.24) is 4.90 Å². The summed E-state index contributed by atoms with van der Waals surface area (Å²) < 4.78 is 9.71. The summed E-state index contributed by atoms with van der Waals surface area (Å²) in [6, 6.07) is -0.575. The maximum absolute atomic E-state index is 12.0. The minimum absolute atomic E-state index is 0.296. The first-order chi connectivity index (χ1) is 8.74. The van der Waals surface area contributed by atoms with E-state index in [9.17, 15) is 14.4 Å². The summed E-state index contributed by atoms with van der Waals surface area (Å²) >= 11 is 0. The van der Waals surface area contributed by atoms with Crippen LogP contribution in [-0.2, 0) is 19.1 Å². The van der Waals surface area contributed by atoms with Gasteiger partial charge in [-0.05, 0) is 33.6 Å². The van der Waals surface area contributed by atoms with Gasteiger partial charge in [0.15, 0.2) is 5.78 Å². The smallest absolute Gasteiger partial charge is 0.410 e.